The highest BCUT2D eigenvalue weighted by Gasteiger charge is 2.19. The number of nitrogens with one attached hydrogen (secondary N) is 1. The number of nitrogens with zero attached hydrogens (tertiary/aromatic N) is 1. The Morgan fingerprint density at radius 1 is 0.906 bits per heavy atom. The number of carbonyl (C=O) groups is 2. The normalized spacial score (nSPS) is 11.9. The molecule has 32 heavy (non-hydrogen) atoms. The number of amides is 1. The number of anilines is 2. The third kappa shape index (κ3) is 5.16. The number of fused-ring (bicyclic) bond motifs is 1. The maximum atomic E-state index is 12.8. The fourth-order valence-corrected chi connectivity index (χ4v) is 3.73. The van der Waals surface area contributed by atoms with Crippen molar-refractivity contribution in [3.8, 4) is 5.75 Å². The van der Waals surface area contributed by atoms with Crippen molar-refractivity contribution in [2.24, 2.45) is 0 Å². The van der Waals surface area contributed by atoms with Crippen LogP contribution in [0.1, 0.15) is 24.0 Å². The standard InChI is InChI=1S/C26H24N2O4/c29-25(27-28(21-9-3-1-4-10-21)22-11-5-2-6-12-22)15-14-19-16-20-8-7-13-24(23(20)17-19)32-18-26(30)31/h1-13,16H,14-15,17-18H2,(H,27,29)(H,30,31). The van der Waals surface area contributed by atoms with Crippen molar-refractivity contribution in [2.45, 2.75) is 19.3 Å². The maximum absolute atomic E-state index is 12.8. The zero-order chi connectivity index (χ0) is 22.3. The summed E-state index contributed by atoms with van der Waals surface area (Å²) in [5.41, 5.74) is 7.87. The molecule has 0 bridgehead atoms. The first-order valence-corrected chi connectivity index (χ1v) is 10.5. The van der Waals surface area contributed by atoms with E-state index in [4.69, 9.17) is 9.84 Å². The number of hydrogen-bond acceptors (Lipinski definition) is 4. The number of hydrogen-bond donors (Lipinski definition) is 2. The van der Waals surface area contributed by atoms with Crippen molar-refractivity contribution >= 4 is 29.3 Å². The van der Waals surface area contributed by atoms with Crippen LogP contribution in [-0.2, 0) is 16.0 Å². The first-order chi connectivity index (χ1) is 15.6. The highest BCUT2D eigenvalue weighted by Crippen LogP contribution is 2.34. The number of para-hydroxylation sites is 2. The summed E-state index contributed by atoms with van der Waals surface area (Å²) < 4.78 is 5.42. The van der Waals surface area contributed by atoms with E-state index in [1.54, 1.807) is 11.1 Å². The van der Waals surface area contributed by atoms with Gasteiger partial charge in [-0.05, 0) is 48.7 Å². The van der Waals surface area contributed by atoms with Crippen LogP contribution >= 0.6 is 0 Å². The van der Waals surface area contributed by atoms with Gasteiger partial charge in [-0.15, -0.1) is 0 Å². The number of carboxylic acid groups (broad SMARTS) is 1. The van der Waals surface area contributed by atoms with Crippen LogP contribution in [0.5, 0.6) is 5.75 Å². The second-order valence-corrected chi connectivity index (χ2v) is 7.53. The zero-order valence-corrected chi connectivity index (χ0v) is 17.5. The van der Waals surface area contributed by atoms with Crippen LogP contribution in [-0.4, -0.2) is 23.6 Å². The quantitative estimate of drug-likeness (QED) is 0.482. The van der Waals surface area contributed by atoms with Gasteiger partial charge in [-0.25, -0.2) is 4.79 Å². The first-order valence-electron chi connectivity index (χ1n) is 10.5. The lowest BCUT2D eigenvalue weighted by Crippen LogP contribution is -2.38. The second kappa shape index (κ2) is 9.83. The molecule has 0 radical (unpaired) electrons. The van der Waals surface area contributed by atoms with E-state index in [9.17, 15) is 9.59 Å². The van der Waals surface area contributed by atoms with Crippen molar-refractivity contribution in [3.63, 3.8) is 0 Å². The second-order valence-electron chi connectivity index (χ2n) is 7.53. The Kier molecular flexibility index (Phi) is 6.51. The van der Waals surface area contributed by atoms with Crippen LogP contribution in [0.15, 0.2) is 84.4 Å². The predicted molar refractivity (Wildman–Crippen MR) is 124 cm³/mol. The number of rotatable bonds is 9. The zero-order valence-electron chi connectivity index (χ0n) is 17.5. The number of aliphatic carboxylic acids is 1. The summed E-state index contributed by atoms with van der Waals surface area (Å²) in [7, 11) is 0. The van der Waals surface area contributed by atoms with Gasteiger partial charge in [-0.2, -0.15) is 0 Å². The summed E-state index contributed by atoms with van der Waals surface area (Å²) in [6.07, 6.45) is 3.65. The van der Waals surface area contributed by atoms with Crippen molar-refractivity contribution < 1.29 is 19.4 Å². The van der Waals surface area contributed by atoms with Crippen LogP contribution in [0, 0.1) is 0 Å². The average Bonchev–Trinajstić information content (AvgIpc) is 3.25. The van der Waals surface area contributed by atoms with Gasteiger partial charge in [0, 0.05) is 12.0 Å². The molecule has 2 N–H and O–H groups in total. The average molecular weight is 428 g/mol. The molecule has 1 aliphatic rings. The van der Waals surface area contributed by atoms with Gasteiger partial charge in [0.15, 0.2) is 6.61 Å². The van der Waals surface area contributed by atoms with Crippen molar-refractivity contribution in [1.29, 1.82) is 0 Å². The fraction of sp³-hybridized carbons (Fsp3) is 0.154. The molecular formula is C26H24N2O4. The maximum Gasteiger partial charge on any atom is 0.341 e. The molecule has 0 heterocycles. The van der Waals surface area contributed by atoms with Gasteiger partial charge in [0.05, 0.1) is 11.4 Å². The van der Waals surface area contributed by atoms with Gasteiger partial charge in [0.25, 0.3) is 0 Å². The van der Waals surface area contributed by atoms with E-state index in [1.807, 2.05) is 72.8 Å². The molecule has 162 valence electrons. The van der Waals surface area contributed by atoms with E-state index in [-0.39, 0.29) is 12.5 Å². The van der Waals surface area contributed by atoms with Gasteiger partial charge >= 0.3 is 5.97 Å². The molecule has 0 spiro atoms. The van der Waals surface area contributed by atoms with Crippen molar-refractivity contribution in [2.75, 3.05) is 11.6 Å². The Bertz CT molecular complexity index is 1090. The molecule has 6 nitrogen and oxygen atoms in total. The molecule has 3 aromatic rings. The van der Waals surface area contributed by atoms with Gasteiger partial charge in [-0.3, -0.25) is 15.2 Å². The van der Waals surface area contributed by atoms with E-state index in [2.05, 4.69) is 11.5 Å². The Morgan fingerprint density at radius 2 is 1.56 bits per heavy atom. The fourth-order valence-electron chi connectivity index (χ4n) is 3.73. The van der Waals surface area contributed by atoms with Gasteiger partial charge in [0.1, 0.15) is 5.75 Å². The molecule has 1 aliphatic carbocycles. The lowest BCUT2D eigenvalue weighted by atomic mass is 10.1. The Morgan fingerprint density at radius 3 is 2.19 bits per heavy atom. The highest BCUT2D eigenvalue weighted by atomic mass is 16.5. The molecule has 3 aromatic carbocycles. The molecule has 0 atom stereocenters. The Balaban J connectivity index is 1.39. The minimum Gasteiger partial charge on any atom is -0.482 e. The van der Waals surface area contributed by atoms with Crippen LogP contribution in [0.2, 0.25) is 0 Å². The number of benzene rings is 3. The minimum atomic E-state index is -1.01. The Labute approximate surface area is 186 Å². The summed E-state index contributed by atoms with van der Waals surface area (Å²) in [5.74, 6) is -0.510. The monoisotopic (exact) mass is 428 g/mol. The first kappa shape index (κ1) is 21.2. The number of hydrazine groups is 1. The van der Waals surface area contributed by atoms with E-state index in [0.29, 0.717) is 25.0 Å². The lowest BCUT2D eigenvalue weighted by molar-refractivity contribution is -0.139. The molecule has 0 saturated heterocycles. The largest absolute Gasteiger partial charge is 0.482 e. The molecule has 0 unspecified atom stereocenters. The summed E-state index contributed by atoms with van der Waals surface area (Å²) >= 11 is 0. The van der Waals surface area contributed by atoms with Crippen LogP contribution in [0.4, 0.5) is 11.4 Å². The molecule has 0 saturated carbocycles. The third-order valence-electron chi connectivity index (χ3n) is 5.22. The van der Waals surface area contributed by atoms with E-state index >= 15 is 0 Å². The molecule has 0 fully saturated rings. The summed E-state index contributed by atoms with van der Waals surface area (Å²) in [5, 5.41) is 10.7. The van der Waals surface area contributed by atoms with Crippen LogP contribution in [0.25, 0.3) is 6.08 Å². The molecule has 0 aromatic heterocycles. The number of allylic oxidation sites excluding steroid dienone is 1. The number of ether oxygens (including phenoxy) is 1. The molecule has 1 amide bonds. The van der Waals surface area contributed by atoms with Crippen LogP contribution in [0.3, 0.4) is 0 Å². The summed E-state index contributed by atoms with van der Waals surface area (Å²) in [6.45, 7) is -0.372. The van der Waals surface area contributed by atoms with Gasteiger partial charge < -0.3 is 9.84 Å². The SMILES string of the molecule is O=C(O)COc1cccc2c1CC(CCC(=O)NN(c1ccccc1)c1ccccc1)=C2. The van der Waals surface area contributed by atoms with Crippen molar-refractivity contribution in [3.05, 3.63) is 95.6 Å². The molecule has 4 rings (SSSR count). The molecular weight excluding hydrogens is 404 g/mol. The smallest absolute Gasteiger partial charge is 0.341 e. The Hall–Kier alpha value is -4.06. The van der Waals surface area contributed by atoms with E-state index in [0.717, 1.165) is 28.1 Å². The number of carbonyl (C=O) groups excluding carboxylic acids is 1. The summed E-state index contributed by atoms with van der Waals surface area (Å²) in [4.78, 5) is 23.6. The highest BCUT2D eigenvalue weighted by molar-refractivity contribution is 5.81. The number of carboxylic acids is 1. The van der Waals surface area contributed by atoms with Gasteiger partial charge in [0.2, 0.25) is 5.91 Å². The molecule has 6 heteroatoms. The lowest BCUT2D eigenvalue weighted by Gasteiger charge is -2.25. The van der Waals surface area contributed by atoms with E-state index < -0.39 is 5.97 Å². The van der Waals surface area contributed by atoms with E-state index in [1.165, 1.54) is 0 Å². The van der Waals surface area contributed by atoms with Gasteiger partial charge in [-0.1, -0.05) is 60.2 Å². The van der Waals surface area contributed by atoms with Crippen LogP contribution < -0.4 is 15.2 Å². The topological polar surface area (TPSA) is 78.9 Å². The predicted octanol–water partition coefficient (Wildman–Crippen LogP) is 4.74. The third-order valence-corrected chi connectivity index (χ3v) is 5.22. The minimum absolute atomic E-state index is 0.0862. The molecule has 0 aliphatic heterocycles. The summed E-state index contributed by atoms with van der Waals surface area (Å²) in [6, 6.07) is 25.0. The van der Waals surface area contributed by atoms with Crippen molar-refractivity contribution in [1.82, 2.24) is 5.43 Å².